The molecule has 0 radical (unpaired) electrons. The second-order valence-corrected chi connectivity index (χ2v) is 7.24. The summed E-state index contributed by atoms with van der Waals surface area (Å²) in [7, 11) is 3.11. The van der Waals surface area contributed by atoms with Crippen LogP contribution in [0.25, 0.3) is 0 Å². The van der Waals surface area contributed by atoms with E-state index in [1.165, 1.54) is 0 Å². The van der Waals surface area contributed by atoms with Gasteiger partial charge < -0.3 is 14.6 Å². The maximum absolute atomic E-state index is 13.5. The number of rotatable bonds is 5. The molecule has 1 N–H and O–H groups in total. The van der Waals surface area contributed by atoms with Crippen LogP contribution >= 0.6 is 0 Å². The molecule has 4 rings (SSSR count). The van der Waals surface area contributed by atoms with Crippen molar-refractivity contribution in [1.82, 2.24) is 0 Å². The Balaban J connectivity index is 1.99. The molecule has 0 heterocycles. The highest BCUT2D eigenvalue weighted by Crippen LogP contribution is 2.38. The van der Waals surface area contributed by atoms with Crippen molar-refractivity contribution in [3.05, 3.63) is 93.0 Å². The lowest BCUT2D eigenvalue weighted by atomic mass is 9.78. The lowest BCUT2D eigenvalue weighted by molar-refractivity contribution is 0.0978. The molecule has 152 valence electrons. The molecule has 0 atom stereocenters. The van der Waals surface area contributed by atoms with Crippen LogP contribution in [0.1, 0.15) is 54.1 Å². The van der Waals surface area contributed by atoms with Gasteiger partial charge in [-0.15, -0.1) is 0 Å². The smallest absolute Gasteiger partial charge is 0.194 e. The lowest BCUT2D eigenvalue weighted by Crippen LogP contribution is -2.24. The maximum atomic E-state index is 13.5. The molecule has 5 nitrogen and oxygen atoms in total. The van der Waals surface area contributed by atoms with Crippen molar-refractivity contribution in [1.29, 1.82) is 0 Å². The van der Waals surface area contributed by atoms with Crippen molar-refractivity contribution >= 4 is 11.6 Å². The molecule has 3 aromatic rings. The molecule has 0 saturated carbocycles. The average Bonchev–Trinajstić information content (AvgIpc) is 2.78. The van der Waals surface area contributed by atoms with E-state index in [1.807, 2.05) is 25.1 Å². The third-order valence-electron chi connectivity index (χ3n) is 5.75. The van der Waals surface area contributed by atoms with Gasteiger partial charge in [0.2, 0.25) is 0 Å². The number of ether oxygens (including phenoxy) is 2. The number of carbonyl (C=O) groups is 2. The van der Waals surface area contributed by atoms with Crippen LogP contribution in [0.2, 0.25) is 0 Å². The first-order valence-corrected chi connectivity index (χ1v) is 9.66. The van der Waals surface area contributed by atoms with Crippen LogP contribution in [0.5, 0.6) is 11.5 Å². The van der Waals surface area contributed by atoms with E-state index in [2.05, 4.69) is 0 Å². The van der Waals surface area contributed by atoms with Gasteiger partial charge >= 0.3 is 0 Å². The highest BCUT2D eigenvalue weighted by Gasteiger charge is 2.33. The van der Waals surface area contributed by atoms with E-state index in [4.69, 9.17) is 9.47 Å². The Morgan fingerprint density at radius 2 is 1.47 bits per heavy atom. The molecule has 0 bridgehead atoms. The molecule has 1 aliphatic rings. The first-order valence-electron chi connectivity index (χ1n) is 9.66. The van der Waals surface area contributed by atoms with Crippen LogP contribution in [0.15, 0.2) is 48.5 Å². The Bertz CT molecular complexity index is 1150. The second-order valence-electron chi connectivity index (χ2n) is 7.24. The number of carbonyl (C=O) groups excluding carboxylic acids is 2. The molecule has 0 fully saturated rings. The molecular weight excluding hydrogens is 380 g/mol. The maximum Gasteiger partial charge on any atom is 0.194 e. The minimum Gasteiger partial charge on any atom is -0.496 e. The van der Waals surface area contributed by atoms with Crippen LogP contribution in [0.4, 0.5) is 0 Å². The summed E-state index contributed by atoms with van der Waals surface area (Å²) in [4.78, 5) is 26.7. The summed E-state index contributed by atoms with van der Waals surface area (Å²) < 4.78 is 11.0. The van der Waals surface area contributed by atoms with Gasteiger partial charge in [-0.3, -0.25) is 9.59 Å². The Kier molecular flexibility index (Phi) is 5.14. The first-order chi connectivity index (χ1) is 14.5. The number of hydrogen-bond acceptors (Lipinski definition) is 5. The van der Waals surface area contributed by atoms with Crippen LogP contribution in [-0.4, -0.2) is 30.9 Å². The highest BCUT2D eigenvalue weighted by molar-refractivity contribution is 6.29. The van der Waals surface area contributed by atoms with Gasteiger partial charge in [0.25, 0.3) is 0 Å². The molecule has 30 heavy (non-hydrogen) atoms. The molecule has 0 saturated heterocycles. The van der Waals surface area contributed by atoms with E-state index in [-0.39, 0.29) is 18.2 Å². The summed E-state index contributed by atoms with van der Waals surface area (Å²) in [6.07, 6.45) is 0.326. The molecular formula is C25H22O5. The normalized spacial score (nSPS) is 12.4. The summed E-state index contributed by atoms with van der Waals surface area (Å²) >= 11 is 0. The first kappa shape index (κ1) is 19.9. The number of hydrogen-bond donors (Lipinski definition) is 1. The van der Waals surface area contributed by atoms with Gasteiger partial charge in [-0.05, 0) is 35.7 Å². The number of fused-ring (bicyclic) bond motifs is 2. The van der Waals surface area contributed by atoms with E-state index < -0.39 is 0 Å². The van der Waals surface area contributed by atoms with Crippen molar-refractivity contribution < 1.29 is 24.2 Å². The number of aliphatic hydroxyl groups is 1. The number of ketones is 2. The van der Waals surface area contributed by atoms with Gasteiger partial charge in [0.05, 0.1) is 20.8 Å². The van der Waals surface area contributed by atoms with Crippen molar-refractivity contribution in [3.63, 3.8) is 0 Å². The quantitative estimate of drug-likeness (QED) is 0.549. The van der Waals surface area contributed by atoms with Gasteiger partial charge in [0, 0.05) is 34.2 Å². The summed E-state index contributed by atoms with van der Waals surface area (Å²) in [6.45, 7) is 1.72. The summed E-state index contributed by atoms with van der Waals surface area (Å²) in [5.74, 6) is 0.792. The van der Waals surface area contributed by atoms with Crippen molar-refractivity contribution in [2.75, 3.05) is 14.2 Å². The molecule has 0 amide bonds. The third kappa shape index (κ3) is 2.99. The SMILES string of the molecule is COc1cc2c(c(Cc3c(CO)cccc3OC)c1C)C(=O)c1ccccc1C2=O. The number of methoxy groups -OCH3 is 2. The summed E-state index contributed by atoms with van der Waals surface area (Å²) in [5, 5.41) is 9.85. The summed E-state index contributed by atoms with van der Waals surface area (Å²) in [5.41, 5.74) is 4.52. The Morgan fingerprint density at radius 1 is 0.800 bits per heavy atom. The van der Waals surface area contributed by atoms with Gasteiger partial charge in [-0.25, -0.2) is 0 Å². The molecule has 0 aromatic heterocycles. The fraction of sp³-hybridized carbons (Fsp3) is 0.200. The molecule has 0 unspecified atom stereocenters. The highest BCUT2D eigenvalue weighted by atomic mass is 16.5. The number of benzene rings is 3. The minimum absolute atomic E-state index is 0.159. The third-order valence-corrected chi connectivity index (χ3v) is 5.75. The monoisotopic (exact) mass is 402 g/mol. The molecule has 1 aliphatic carbocycles. The van der Waals surface area contributed by atoms with Gasteiger partial charge in [-0.2, -0.15) is 0 Å². The van der Waals surface area contributed by atoms with Crippen molar-refractivity contribution in [3.8, 4) is 11.5 Å². The predicted octanol–water partition coefficient (Wildman–Crippen LogP) is 3.87. The van der Waals surface area contributed by atoms with Crippen LogP contribution < -0.4 is 9.47 Å². The van der Waals surface area contributed by atoms with E-state index >= 15 is 0 Å². The number of aliphatic hydroxyl groups excluding tert-OH is 1. The van der Waals surface area contributed by atoms with E-state index in [0.717, 1.165) is 11.1 Å². The van der Waals surface area contributed by atoms with E-state index in [0.29, 0.717) is 51.3 Å². The van der Waals surface area contributed by atoms with E-state index in [1.54, 1.807) is 44.6 Å². The van der Waals surface area contributed by atoms with Crippen LogP contribution in [0.3, 0.4) is 0 Å². The Hall–Kier alpha value is -3.44. The molecule has 5 heteroatoms. The zero-order chi connectivity index (χ0) is 21.4. The largest absolute Gasteiger partial charge is 0.496 e. The summed E-state index contributed by atoms with van der Waals surface area (Å²) in [6, 6.07) is 14.0. The Labute approximate surface area is 174 Å². The van der Waals surface area contributed by atoms with Gasteiger partial charge in [0.15, 0.2) is 11.6 Å². The standard InChI is InChI=1S/C25H22O5/c1-14-18(11-19-15(13-26)7-6-10-21(19)29-2)23-20(12-22(14)30-3)24(27)16-8-4-5-9-17(16)25(23)28/h4-10,12,26H,11,13H2,1-3H3. The Morgan fingerprint density at radius 3 is 2.10 bits per heavy atom. The van der Waals surface area contributed by atoms with Gasteiger partial charge in [0.1, 0.15) is 11.5 Å². The van der Waals surface area contributed by atoms with Crippen LogP contribution in [-0.2, 0) is 13.0 Å². The van der Waals surface area contributed by atoms with Crippen molar-refractivity contribution in [2.24, 2.45) is 0 Å². The van der Waals surface area contributed by atoms with Gasteiger partial charge in [-0.1, -0.05) is 36.4 Å². The fourth-order valence-corrected chi connectivity index (χ4v) is 4.17. The minimum atomic E-state index is -0.192. The second kappa shape index (κ2) is 7.76. The molecule has 0 aliphatic heterocycles. The van der Waals surface area contributed by atoms with E-state index in [9.17, 15) is 14.7 Å². The average molecular weight is 402 g/mol. The topological polar surface area (TPSA) is 72.8 Å². The zero-order valence-corrected chi connectivity index (χ0v) is 17.1. The fourth-order valence-electron chi connectivity index (χ4n) is 4.17. The van der Waals surface area contributed by atoms with Crippen molar-refractivity contribution in [2.45, 2.75) is 20.0 Å². The molecule has 0 spiro atoms. The van der Waals surface area contributed by atoms with Crippen LogP contribution in [0, 0.1) is 6.92 Å². The zero-order valence-electron chi connectivity index (χ0n) is 17.1. The predicted molar refractivity (Wildman–Crippen MR) is 113 cm³/mol. The molecule has 3 aromatic carbocycles. The lowest BCUT2D eigenvalue weighted by Gasteiger charge is -2.24.